The molecule has 3 N–H and O–H groups in total. The molecule has 37 heavy (non-hydrogen) atoms. The maximum Gasteiger partial charge on any atom is 0.278 e. The third-order valence-corrected chi connectivity index (χ3v) is 6.89. The van der Waals surface area contributed by atoms with E-state index >= 15 is 0 Å². The fourth-order valence-corrected chi connectivity index (χ4v) is 5.11. The molecule has 0 saturated heterocycles. The van der Waals surface area contributed by atoms with Gasteiger partial charge in [0.25, 0.3) is 11.5 Å². The number of benzene rings is 1. The molecule has 9 nitrogen and oxygen atoms in total. The minimum absolute atomic E-state index is 0.117. The average molecular weight is 506 g/mol. The quantitative estimate of drug-likeness (QED) is 0.345. The number of alkyl halides is 2. The van der Waals surface area contributed by atoms with Crippen molar-refractivity contribution in [1.82, 2.24) is 29.6 Å². The van der Waals surface area contributed by atoms with Crippen molar-refractivity contribution in [2.24, 2.45) is 0 Å². The number of halogens is 2. The van der Waals surface area contributed by atoms with Gasteiger partial charge in [0.05, 0.1) is 17.9 Å². The standard InChI is InChI=1S/C26H25F2N7O2/c1-2-9-34-23(36)20-13-31-24(32-18-4-3-17-12-29-7-5-16(17)10-18)33-22(20)35(34)19-6-8-30-21(11-19)25(37)14-26(27,28)15-25/h2-4,6,8,10-11,13,29,37H,1,5,7,9,12,14-15H2,(H,31,32,33). The molecule has 1 fully saturated rings. The number of rotatable bonds is 6. The summed E-state index contributed by atoms with van der Waals surface area (Å²) in [6.45, 7) is 5.68. The maximum absolute atomic E-state index is 13.6. The van der Waals surface area contributed by atoms with Crippen molar-refractivity contribution in [2.45, 2.75) is 43.9 Å². The summed E-state index contributed by atoms with van der Waals surface area (Å²) in [5, 5.41) is 17.6. The van der Waals surface area contributed by atoms with Gasteiger partial charge in [-0.3, -0.25) is 9.78 Å². The van der Waals surface area contributed by atoms with Crippen LogP contribution in [-0.2, 0) is 25.1 Å². The lowest BCUT2D eigenvalue weighted by Gasteiger charge is -2.42. The molecule has 0 spiro atoms. The number of nitrogens with zero attached hydrogens (tertiary/aromatic N) is 5. The van der Waals surface area contributed by atoms with Crippen LogP contribution in [0.3, 0.4) is 0 Å². The Balaban J connectivity index is 1.43. The Kier molecular flexibility index (Phi) is 5.42. The van der Waals surface area contributed by atoms with E-state index in [-0.39, 0.29) is 23.2 Å². The zero-order chi connectivity index (χ0) is 25.8. The van der Waals surface area contributed by atoms with Gasteiger partial charge in [-0.2, -0.15) is 4.98 Å². The van der Waals surface area contributed by atoms with Crippen LogP contribution >= 0.6 is 0 Å². The van der Waals surface area contributed by atoms with E-state index in [0.717, 1.165) is 25.2 Å². The van der Waals surface area contributed by atoms with E-state index in [1.54, 1.807) is 16.8 Å². The summed E-state index contributed by atoms with van der Waals surface area (Å²) < 4.78 is 30.1. The van der Waals surface area contributed by atoms with E-state index in [0.29, 0.717) is 17.3 Å². The van der Waals surface area contributed by atoms with Crippen LogP contribution in [0.25, 0.3) is 16.7 Å². The highest BCUT2D eigenvalue weighted by Crippen LogP contribution is 2.51. The first kappa shape index (κ1) is 23.4. The first-order valence-electron chi connectivity index (χ1n) is 12.0. The van der Waals surface area contributed by atoms with Crippen LogP contribution < -0.4 is 16.2 Å². The zero-order valence-electron chi connectivity index (χ0n) is 19.9. The highest BCUT2D eigenvalue weighted by atomic mass is 19.3. The van der Waals surface area contributed by atoms with Gasteiger partial charge in [0.1, 0.15) is 11.0 Å². The molecule has 11 heteroatoms. The molecule has 4 heterocycles. The van der Waals surface area contributed by atoms with Crippen molar-refractivity contribution in [2.75, 3.05) is 11.9 Å². The first-order chi connectivity index (χ1) is 17.8. The van der Waals surface area contributed by atoms with Crippen LogP contribution in [0.4, 0.5) is 20.4 Å². The predicted octanol–water partition coefficient (Wildman–Crippen LogP) is 3.17. The van der Waals surface area contributed by atoms with Gasteiger partial charge >= 0.3 is 0 Å². The van der Waals surface area contributed by atoms with Gasteiger partial charge in [0.15, 0.2) is 5.65 Å². The molecule has 0 radical (unpaired) electrons. The van der Waals surface area contributed by atoms with Crippen molar-refractivity contribution in [3.63, 3.8) is 0 Å². The number of aromatic nitrogens is 5. The minimum Gasteiger partial charge on any atom is -0.383 e. The van der Waals surface area contributed by atoms with E-state index in [9.17, 15) is 18.7 Å². The Morgan fingerprint density at radius 1 is 1.19 bits per heavy atom. The Hall–Kier alpha value is -3.96. The number of hydrogen-bond acceptors (Lipinski definition) is 7. The summed E-state index contributed by atoms with van der Waals surface area (Å²) in [7, 11) is 0. The number of anilines is 2. The topological polar surface area (TPSA) is 110 Å². The molecular weight excluding hydrogens is 480 g/mol. The zero-order valence-corrected chi connectivity index (χ0v) is 19.9. The summed E-state index contributed by atoms with van der Waals surface area (Å²) in [4.78, 5) is 26.3. The van der Waals surface area contributed by atoms with E-state index in [1.165, 1.54) is 34.3 Å². The molecule has 1 aliphatic carbocycles. The second-order valence-electron chi connectivity index (χ2n) is 9.59. The van der Waals surface area contributed by atoms with Crippen molar-refractivity contribution < 1.29 is 13.9 Å². The Labute approximate surface area is 210 Å². The summed E-state index contributed by atoms with van der Waals surface area (Å²) >= 11 is 0. The number of fused-ring (bicyclic) bond motifs is 2. The Bertz CT molecular complexity index is 1590. The van der Waals surface area contributed by atoms with Crippen molar-refractivity contribution >= 4 is 22.7 Å². The lowest BCUT2D eigenvalue weighted by Crippen LogP contribution is -2.49. The van der Waals surface area contributed by atoms with Crippen LogP contribution in [-0.4, -0.2) is 41.9 Å². The number of aliphatic hydroxyl groups is 1. The molecule has 1 saturated carbocycles. The summed E-state index contributed by atoms with van der Waals surface area (Å²) in [5.41, 5.74) is 2.18. The van der Waals surface area contributed by atoms with Gasteiger partial charge < -0.3 is 15.7 Å². The van der Waals surface area contributed by atoms with Gasteiger partial charge in [0, 0.05) is 37.5 Å². The Morgan fingerprint density at radius 2 is 2.03 bits per heavy atom. The van der Waals surface area contributed by atoms with Gasteiger partial charge in [-0.15, -0.1) is 6.58 Å². The molecule has 6 rings (SSSR count). The van der Waals surface area contributed by atoms with Crippen molar-refractivity contribution in [3.8, 4) is 5.69 Å². The molecule has 2 aliphatic rings. The molecule has 0 unspecified atom stereocenters. The first-order valence-corrected chi connectivity index (χ1v) is 12.0. The summed E-state index contributed by atoms with van der Waals surface area (Å²) in [5.74, 6) is -2.63. The molecule has 1 aromatic carbocycles. The lowest BCUT2D eigenvalue weighted by molar-refractivity contribution is -0.212. The minimum atomic E-state index is -2.93. The van der Waals surface area contributed by atoms with Gasteiger partial charge in [-0.05, 0) is 48.4 Å². The van der Waals surface area contributed by atoms with Crippen LogP contribution in [0.1, 0.15) is 29.7 Å². The maximum atomic E-state index is 13.6. The van der Waals surface area contributed by atoms with Crippen LogP contribution in [0, 0.1) is 0 Å². The van der Waals surface area contributed by atoms with Crippen LogP contribution in [0.5, 0.6) is 0 Å². The molecule has 0 atom stereocenters. The molecule has 0 amide bonds. The summed E-state index contributed by atoms with van der Waals surface area (Å²) in [6.07, 6.45) is 4.00. The number of hydrogen-bond donors (Lipinski definition) is 3. The molecular formula is C26H25F2N7O2. The van der Waals surface area contributed by atoms with E-state index in [1.807, 2.05) is 6.07 Å². The second-order valence-corrected chi connectivity index (χ2v) is 9.59. The fourth-order valence-electron chi connectivity index (χ4n) is 5.11. The monoisotopic (exact) mass is 505 g/mol. The molecule has 1 aliphatic heterocycles. The van der Waals surface area contributed by atoms with Gasteiger partial charge in [-0.25, -0.2) is 23.1 Å². The lowest BCUT2D eigenvalue weighted by atomic mass is 9.74. The van der Waals surface area contributed by atoms with Crippen molar-refractivity contribution in [1.29, 1.82) is 0 Å². The van der Waals surface area contributed by atoms with Gasteiger partial charge in [0.2, 0.25) is 5.95 Å². The molecule has 190 valence electrons. The Morgan fingerprint density at radius 3 is 2.81 bits per heavy atom. The van der Waals surface area contributed by atoms with Crippen molar-refractivity contribution in [3.05, 3.63) is 82.6 Å². The third-order valence-electron chi connectivity index (χ3n) is 6.89. The van der Waals surface area contributed by atoms with Gasteiger partial charge in [-0.1, -0.05) is 12.1 Å². The summed E-state index contributed by atoms with van der Waals surface area (Å²) in [6, 6.07) is 9.24. The average Bonchev–Trinajstić information content (AvgIpc) is 3.14. The third kappa shape index (κ3) is 4.09. The molecule has 3 aromatic heterocycles. The molecule has 4 aromatic rings. The van der Waals surface area contributed by atoms with Crippen LogP contribution in [0.2, 0.25) is 0 Å². The SMILES string of the molecule is C=CCn1c(=O)c2cnc(Nc3ccc4c(c3)CCNC4)nc2n1-c1ccnc(C2(O)CC(F)(F)C2)c1. The van der Waals surface area contributed by atoms with E-state index < -0.39 is 24.4 Å². The van der Waals surface area contributed by atoms with Crippen LogP contribution in [0.15, 0.2) is 60.2 Å². The number of allylic oxidation sites excluding steroid dienone is 1. The predicted molar refractivity (Wildman–Crippen MR) is 134 cm³/mol. The highest BCUT2D eigenvalue weighted by molar-refractivity contribution is 5.77. The van der Waals surface area contributed by atoms with E-state index in [2.05, 4.69) is 44.3 Å². The normalized spacial score (nSPS) is 17.7. The smallest absolute Gasteiger partial charge is 0.278 e. The fraction of sp³-hybridized carbons (Fsp3) is 0.308. The number of nitrogens with one attached hydrogen (secondary N) is 2. The van der Waals surface area contributed by atoms with E-state index in [4.69, 9.17) is 0 Å². The second kappa shape index (κ2) is 8.56. The largest absolute Gasteiger partial charge is 0.383 e. The highest BCUT2D eigenvalue weighted by Gasteiger charge is 2.57. The number of pyridine rings is 1. The molecule has 0 bridgehead atoms.